The maximum absolute atomic E-state index is 5.59. The number of hydrogen-bond donors (Lipinski definition) is 3. The van der Waals surface area contributed by atoms with E-state index in [0.29, 0.717) is 17.6 Å². The van der Waals surface area contributed by atoms with Crippen molar-refractivity contribution in [2.75, 3.05) is 30.4 Å². The predicted octanol–water partition coefficient (Wildman–Crippen LogP) is 6.54. The second kappa shape index (κ2) is 12.1. The maximum atomic E-state index is 5.59. The van der Waals surface area contributed by atoms with Crippen LogP contribution in [0.25, 0.3) is 0 Å². The quantitative estimate of drug-likeness (QED) is 0.215. The molecule has 41 heavy (non-hydrogen) atoms. The first-order chi connectivity index (χ1) is 20.2. The van der Waals surface area contributed by atoms with Crippen molar-refractivity contribution >= 4 is 34.7 Å². The summed E-state index contributed by atoms with van der Waals surface area (Å²) >= 11 is 0. The van der Waals surface area contributed by atoms with Gasteiger partial charge in [0, 0.05) is 34.0 Å². The standard InChI is InChI=1S/C32H33N7O2/c1-40-28-18-8-12-22-24(28)14-6-16-26(22)36-38-30-20-31(35-32(34-30)33-21-10-4-3-5-11-21)39-37-27-17-7-15-25-23(27)13-9-19-29(25)41-2/h3-5,8-13,18-20H,6-7,14-17H2,1-2H3,(H3,33,34,35,38,39). The van der Waals surface area contributed by atoms with Crippen LogP contribution in [0.5, 0.6) is 11.5 Å². The Balaban J connectivity index is 1.30. The van der Waals surface area contributed by atoms with Gasteiger partial charge in [-0.25, -0.2) is 0 Å². The van der Waals surface area contributed by atoms with Gasteiger partial charge in [0.1, 0.15) is 11.5 Å². The largest absolute Gasteiger partial charge is 0.496 e. The van der Waals surface area contributed by atoms with E-state index in [2.05, 4.69) is 38.3 Å². The molecule has 9 nitrogen and oxygen atoms in total. The second-order valence-electron chi connectivity index (χ2n) is 9.97. The Morgan fingerprint density at radius 1 is 0.634 bits per heavy atom. The average molecular weight is 548 g/mol. The first-order valence-corrected chi connectivity index (χ1v) is 13.9. The van der Waals surface area contributed by atoms with E-state index in [-0.39, 0.29) is 0 Å². The van der Waals surface area contributed by atoms with Gasteiger partial charge in [-0.2, -0.15) is 20.2 Å². The van der Waals surface area contributed by atoms with Gasteiger partial charge in [0.05, 0.1) is 25.6 Å². The van der Waals surface area contributed by atoms with Gasteiger partial charge in [0.25, 0.3) is 0 Å². The smallest absolute Gasteiger partial charge is 0.231 e. The number of hydrazone groups is 2. The number of para-hydroxylation sites is 1. The van der Waals surface area contributed by atoms with Gasteiger partial charge in [-0.1, -0.05) is 42.5 Å². The number of rotatable bonds is 8. The van der Waals surface area contributed by atoms with E-state index in [0.717, 1.165) is 78.3 Å². The van der Waals surface area contributed by atoms with Crippen molar-refractivity contribution in [3.8, 4) is 11.5 Å². The zero-order valence-electron chi connectivity index (χ0n) is 23.3. The van der Waals surface area contributed by atoms with Crippen LogP contribution in [0.3, 0.4) is 0 Å². The molecule has 0 bridgehead atoms. The maximum Gasteiger partial charge on any atom is 0.231 e. The molecule has 3 N–H and O–H groups in total. The normalized spacial score (nSPS) is 16.0. The van der Waals surface area contributed by atoms with Crippen molar-refractivity contribution < 1.29 is 9.47 Å². The van der Waals surface area contributed by atoms with E-state index >= 15 is 0 Å². The van der Waals surface area contributed by atoms with E-state index in [9.17, 15) is 0 Å². The molecule has 2 aliphatic carbocycles. The minimum Gasteiger partial charge on any atom is -0.496 e. The minimum absolute atomic E-state index is 0.431. The fourth-order valence-electron chi connectivity index (χ4n) is 5.45. The number of nitrogens with zero attached hydrogens (tertiary/aromatic N) is 4. The Morgan fingerprint density at radius 2 is 1.17 bits per heavy atom. The monoisotopic (exact) mass is 547 g/mol. The summed E-state index contributed by atoms with van der Waals surface area (Å²) < 4.78 is 11.2. The Bertz CT molecular complexity index is 1510. The Labute approximate surface area is 239 Å². The van der Waals surface area contributed by atoms with Gasteiger partial charge in [0.15, 0.2) is 11.6 Å². The van der Waals surface area contributed by atoms with Crippen LogP contribution in [0, 0.1) is 0 Å². The SMILES string of the molecule is COc1cccc2c1CCCC2=NNc1cc(NN=C2CCCc3c(OC)cccc32)nc(Nc2ccccc2)n1. The van der Waals surface area contributed by atoms with Crippen LogP contribution in [-0.4, -0.2) is 35.6 Å². The van der Waals surface area contributed by atoms with Crippen molar-refractivity contribution in [1.82, 2.24) is 9.97 Å². The molecule has 1 aromatic heterocycles. The highest BCUT2D eigenvalue weighted by Crippen LogP contribution is 2.31. The third-order valence-electron chi connectivity index (χ3n) is 7.38. The molecule has 0 unspecified atom stereocenters. The summed E-state index contributed by atoms with van der Waals surface area (Å²) in [6, 6.07) is 23.9. The molecule has 1 heterocycles. The lowest BCUT2D eigenvalue weighted by Crippen LogP contribution is -2.15. The summed E-state index contributed by atoms with van der Waals surface area (Å²) in [6.45, 7) is 0. The summed E-state index contributed by atoms with van der Waals surface area (Å²) in [5.41, 5.74) is 13.8. The van der Waals surface area contributed by atoms with E-state index < -0.39 is 0 Å². The second-order valence-corrected chi connectivity index (χ2v) is 9.97. The number of hydrogen-bond acceptors (Lipinski definition) is 9. The van der Waals surface area contributed by atoms with Gasteiger partial charge in [-0.15, -0.1) is 0 Å². The molecule has 0 saturated heterocycles. The first kappa shape index (κ1) is 26.3. The van der Waals surface area contributed by atoms with Gasteiger partial charge in [0.2, 0.25) is 5.95 Å². The lowest BCUT2D eigenvalue weighted by molar-refractivity contribution is 0.408. The number of aromatic nitrogens is 2. The molecule has 0 radical (unpaired) electrons. The van der Waals surface area contributed by atoms with Crippen molar-refractivity contribution in [2.45, 2.75) is 38.5 Å². The van der Waals surface area contributed by atoms with Crippen LogP contribution >= 0.6 is 0 Å². The van der Waals surface area contributed by atoms with Gasteiger partial charge in [-0.3, -0.25) is 10.9 Å². The fourth-order valence-corrected chi connectivity index (χ4v) is 5.45. The van der Waals surface area contributed by atoms with Crippen LogP contribution in [0.2, 0.25) is 0 Å². The zero-order valence-corrected chi connectivity index (χ0v) is 23.3. The van der Waals surface area contributed by atoms with Crippen molar-refractivity contribution in [3.05, 3.63) is 95.1 Å². The number of anilines is 4. The first-order valence-electron chi connectivity index (χ1n) is 13.9. The zero-order chi connectivity index (χ0) is 28.0. The van der Waals surface area contributed by atoms with Gasteiger partial charge >= 0.3 is 0 Å². The Hall–Kier alpha value is -4.92. The highest BCUT2D eigenvalue weighted by molar-refractivity contribution is 6.04. The molecule has 0 saturated carbocycles. The van der Waals surface area contributed by atoms with Crippen molar-refractivity contribution in [3.63, 3.8) is 0 Å². The van der Waals surface area contributed by atoms with Crippen LogP contribution in [0.15, 0.2) is 83.0 Å². The van der Waals surface area contributed by atoms with Crippen LogP contribution < -0.4 is 25.6 Å². The number of benzene rings is 3. The fraction of sp³-hybridized carbons (Fsp3) is 0.250. The summed E-state index contributed by atoms with van der Waals surface area (Å²) in [4.78, 5) is 9.37. The highest BCUT2D eigenvalue weighted by Gasteiger charge is 2.20. The third-order valence-corrected chi connectivity index (χ3v) is 7.38. The number of nitrogens with one attached hydrogen (secondary N) is 3. The molecule has 6 rings (SSSR count). The molecule has 3 aromatic carbocycles. The Morgan fingerprint density at radius 3 is 1.68 bits per heavy atom. The lowest BCUT2D eigenvalue weighted by atomic mass is 9.89. The lowest BCUT2D eigenvalue weighted by Gasteiger charge is -2.20. The van der Waals surface area contributed by atoms with Crippen LogP contribution in [-0.2, 0) is 12.8 Å². The molecule has 0 spiro atoms. The van der Waals surface area contributed by atoms with Gasteiger partial charge < -0.3 is 14.8 Å². The topological polar surface area (TPSA) is 105 Å². The van der Waals surface area contributed by atoms with Gasteiger partial charge in [-0.05, 0) is 62.8 Å². The van der Waals surface area contributed by atoms with Crippen molar-refractivity contribution in [2.24, 2.45) is 10.2 Å². The highest BCUT2D eigenvalue weighted by atomic mass is 16.5. The summed E-state index contributed by atoms with van der Waals surface area (Å²) in [5, 5.41) is 12.8. The summed E-state index contributed by atoms with van der Waals surface area (Å²) in [7, 11) is 3.42. The number of ether oxygens (including phenoxy) is 2. The van der Waals surface area contributed by atoms with E-state index in [4.69, 9.17) is 19.7 Å². The molecule has 0 fully saturated rings. The summed E-state index contributed by atoms with van der Waals surface area (Å²) in [6.07, 6.45) is 5.70. The molecule has 4 aromatic rings. The number of fused-ring (bicyclic) bond motifs is 2. The summed E-state index contributed by atoms with van der Waals surface area (Å²) in [5.74, 6) is 3.34. The minimum atomic E-state index is 0.431. The van der Waals surface area contributed by atoms with Crippen molar-refractivity contribution in [1.29, 1.82) is 0 Å². The average Bonchev–Trinajstić information content (AvgIpc) is 3.02. The third kappa shape index (κ3) is 5.84. The Kier molecular flexibility index (Phi) is 7.75. The number of methoxy groups -OCH3 is 2. The molecular weight excluding hydrogens is 514 g/mol. The van der Waals surface area contributed by atoms with E-state index in [1.807, 2.05) is 60.7 Å². The predicted molar refractivity (Wildman–Crippen MR) is 164 cm³/mol. The molecular formula is C32H33N7O2. The van der Waals surface area contributed by atoms with Crippen LogP contribution in [0.4, 0.5) is 23.3 Å². The molecule has 0 atom stereocenters. The molecule has 9 heteroatoms. The molecule has 0 aliphatic heterocycles. The molecule has 2 aliphatic rings. The molecule has 208 valence electrons. The van der Waals surface area contributed by atoms with E-state index in [1.54, 1.807) is 14.2 Å². The molecule has 0 amide bonds. The van der Waals surface area contributed by atoms with E-state index in [1.165, 1.54) is 11.1 Å². The van der Waals surface area contributed by atoms with Crippen LogP contribution in [0.1, 0.15) is 47.9 Å².